The van der Waals surface area contributed by atoms with Crippen LogP contribution >= 0.6 is 12.6 Å². The highest BCUT2D eigenvalue weighted by atomic mass is 32.1. The van der Waals surface area contributed by atoms with Gasteiger partial charge in [-0.1, -0.05) is 0 Å². The lowest BCUT2D eigenvalue weighted by Crippen LogP contribution is -2.56. The van der Waals surface area contributed by atoms with Crippen molar-refractivity contribution in [1.82, 2.24) is 16.0 Å². The van der Waals surface area contributed by atoms with Crippen LogP contribution in [-0.4, -0.2) is 76.3 Å². The molecular weight excluding hydrogens is 418 g/mol. The van der Waals surface area contributed by atoms with Gasteiger partial charge >= 0.3 is 11.9 Å². The zero-order chi connectivity index (χ0) is 23.3. The zero-order valence-electron chi connectivity index (χ0n) is 16.8. The molecule has 9 N–H and O–H groups in total. The number of unbranched alkanes of at least 4 members (excludes halogenated alkanes) is 1. The molecule has 0 aromatic rings. The first kappa shape index (κ1) is 27.6. The Hall–Kier alpha value is -2.38. The third-order valence-electron chi connectivity index (χ3n) is 4.14. The number of rotatable bonds is 15. The highest BCUT2D eigenvalue weighted by Gasteiger charge is 2.28. The number of carbonyl (C=O) groups is 5. The highest BCUT2D eigenvalue weighted by molar-refractivity contribution is 7.80. The molecule has 0 rings (SSSR count). The van der Waals surface area contributed by atoms with E-state index < -0.39 is 53.8 Å². The minimum Gasteiger partial charge on any atom is -0.481 e. The summed E-state index contributed by atoms with van der Waals surface area (Å²) in [4.78, 5) is 58.5. The van der Waals surface area contributed by atoms with Crippen molar-refractivity contribution in [2.75, 3.05) is 12.3 Å². The average Bonchev–Trinajstić information content (AvgIpc) is 2.68. The van der Waals surface area contributed by atoms with Gasteiger partial charge in [0.05, 0.1) is 6.04 Å². The summed E-state index contributed by atoms with van der Waals surface area (Å²) in [6, 6.07) is -4.42. The third kappa shape index (κ3) is 11.0. The lowest BCUT2D eigenvalue weighted by Gasteiger charge is -2.23. The van der Waals surface area contributed by atoms with E-state index in [2.05, 4.69) is 28.6 Å². The summed E-state index contributed by atoms with van der Waals surface area (Å²) in [7, 11) is 0. The maximum atomic E-state index is 12.4. The minimum atomic E-state index is -1.26. The van der Waals surface area contributed by atoms with Gasteiger partial charge in [-0.2, -0.15) is 12.6 Å². The molecule has 0 aliphatic heterocycles. The van der Waals surface area contributed by atoms with Crippen LogP contribution in [0.1, 0.15) is 39.0 Å². The molecule has 0 radical (unpaired) electrons. The van der Waals surface area contributed by atoms with E-state index in [1.807, 2.05) is 0 Å². The van der Waals surface area contributed by atoms with Crippen LogP contribution < -0.4 is 27.4 Å². The Kier molecular flexibility index (Phi) is 13.4. The van der Waals surface area contributed by atoms with Crippen LogP contribution in [-0.2, 0) is 24.0 Å². The predicted molar refractivity (Wildman–Crippen MR) is 111 cm³/mol. The number of carbonyl (C=O) groups excluding carboxylic acids is 3. The lowest BCUT2D eigenvalue weighted by atomic mass is 10.1. The van der Waals surface area contributed by atoms with Crippen molar-refractivity contribution < 1.29 is 34.2 Å². The van der Waals surface area contributed by atoms with E-state index in [4.69, 9.17) is 21.7 Å². The van der Waals surface area contributed by atoms with Gasteiger partial charge in [0.25, 0.3) is 0 Å². The molecule has 4 unspecified atom stereocenters. The van der Waals surface area contributed by atoms with Crippen molar-refractivity contribution in [3.63, 3.8) is 0 Å². The third-order valence-corrected chi connectivity index (χ3v) is 4.50. The number of thiol groups is 1. The molecule has 0 fully saturated rings. The highest BCUT2D eigenvalue weighted by Crippen LogP contribution is 2.03. The molecule has 0 spiro atoms. The molecule has 3 amide bonds. The van der Waals surface area contributed by atoms with Crippen LogP contribution in [0.5, 0.6) is 0 Å². The van der Waals surface area contributed by atoms with E-state index >= 15 is 0 Å². The Balaban J connectivity index is 4.95. The van der Waals surface area contributed by atoms with E-state index in [0.29, 0.717) is 19.4 Å². The number of hydrogen-bond acceptors (Lipinski definition) is 8. The number of carboxylic acids is 2. The predicted octanol–water partition coefficient (Wildman–Crippen LogP) is -2.20. The first-order chi connectivity index (χ1) is 14.0. The molecule has 0 aromatic heterocycles. The summed E-state index contributed by atoms with van der Waals surface area (Å²) in [5, 5.41) is 24.8. The molecule has 0 aliphatic carbocycles. The normalized spacial score (nSPS) is 14.7. The topological polar surface area (TPSA) is 214 Å². The Morgan fingerprint density at radius 3 is 2.00 bits per heavy atom. The van der Waals surface area contributed by atoms with Gasteiger partial charge in [0.1, 0.15) is 18.1 Å². The van der Waals surface area contributed by atoms with Crippen LogP contribution in [0, 0.1) is 0 Å². The number of nitrogens with one attached hydrogen (secondary N) is 3. The number of aliphatic carboxylic acids is 2. The first-order valence-corrected chi connectivity index (χ1v) is 10.1. The van der Waals surface area contributed by atoms with Gasteiger partial charge in [-0.3, -0.25) is 19.2 Å². The summed E-state index contributed by atoms with van der Waals surface area (Å²) in [6.07, 6.45) is 0.925. The first-order valence-electron chi connectivity index (χ1n) is 9.45. The van der Waals surface area contributed by atoms with Crippen LogP contribution in [0.3, 0.4) is 0 Å². The molecule has 30 heavy (non-hydrogen) atoms. The van der Waals surface area contributed by atoms with Crippen molar-refractivity contribution in [2.45, 2.75) is 63.2 Å². The van der Waals surface area contributed by atoms with Gasteiger partial charge in [-0.05, 0) is 39.2 Å². The molecule has 0 saturated heterocycles. The van der Waals surface area contributed by atoms with Gasteiger partial charge in [0.15, 0.2) is 0 Å². The largest absolute Gasteiger partial charge is 0.481 e. The Morgan fingerprint density at radius 1 is 0.900 bits per heavy atom. The number of hydrogen-bond donors (Lipinski definition) is 8. The Morgan fingerprint density at radius 2 is 1.50 bits per heavy atom. The van der Waals surface area contributed by atoms with E-state index in [0.717, 1.165) is 0 Å². The van der Waals surface area contributed by atoms with E-state index in [9.17, 15) is 24.0 Å². The molecule has 0 saturated carbocycles. The molecule has 13 heteroatoms. The van der Waals surface area contributed by atoms with Crippen molar-refractivity contribution in [3.05, 3.63) is 0 Å². The van der Waals surface area contributed by atoms with Crippen LogP contribution in [0.4, 0.5) is 0 Å². The fourth-order valence-corrected chi connectivity index (χ4v) is 2.56. The fourth-order valence-electron chi connectivity index (χ4n) is 2.31. The SMILES string of the molecule is CC(NC(=O)C(N)CCC(=O)O)C(=O)NC(CCCCN)C(=O)NC(CS)C(=O)O. The average molecular weight is 450 g/mol. The minimum absolute atomic E-state index is 0.0973. The molecule has 4 atom stereocenters. The summed E-state index contributed by atoms with van der Waals surface area (Å²) >= 11 is 3.88. The maximum absolute atomic E-state index is 12.4. The summed E-state index contributed by atoms with van der Waals surface area (Å²) in [5.41, 5.74) is 11.0. The van der Waals surface area contributed by atoms with Crippen LogP contribution in [0.25, 0.3) is 0 Å². The van der Waals surface area contributed by atoms with Gasteiger partial charge in [-0.25, -0.2) is 4.79 Å². The Labute approximate surface area is 179 Å². The molecule has 0 aliphatic rings. The lowest BCUT2D eigenvalue weighted by molar-refractivity contribution is -0.141. The molecule has 0 heterocycles. The van der Waals surface area contributed by atoms with Gasteiger partial charge in [0.2, 0.25) is 17.7 Å². The fraction of sp³-hybridized carbons (Fsp3) is 0.706. The molecule has 0 bridgehead atoms. The van der Waals surface area contributed by atoms with E-state index in [1.54, 1.807) is 0 Å². The molecule has 12 nitrogen and oxygen atoms in total. The maximum Gasteiger partial charge on any atom is 0.327 e. The smallest absolute Gasteiger partial charge is 0.327 e. The number of amides is 3. The second-order valence-corrected chi connectivity index (χ2v) is 7.06. The number of carboxylic acid groups (broad SMARTS) is 2. The van der Waals surface area contributed by atoms with Crippen molar-refractivity contribution in [3.8, 4) is 0 Å². The summed E-state index contributed by atoms with van der Waals surface area (Å²) in [5.74, 6) is -4.58. The summed E-state index contributed by atoms with van der Waals surface area (Å²) < 4.78 is 0. The van der Waals surface area contributed by atoms with Crippen LogP contribution in [0.2, 0.25) is 0 Å². The standard InChI is InChI=1S/C17H31N5O7S/c1-9(20-15(26)10(19)5-6-13(23)24)14(25)21-11(4-2-3-7-18)16(27)22-12(8-30)17(28)29/h9-12,30H,2-8,18-19H2,1H3,(H,20,26)(H,21,25)(H,22,27)(H,23,24)(H,28,29). The zero-order valence-corrected chi connectivity index (χ0v) is 17.7. The van der Waals surface area contributed by atoms with E-state index in [1.165, 1.54) is 6.92 Å². The number of nitrogens with two attached hydrogens (primary N) is 2. The molecule has 0 aromatic carbocycles. The molecule has 172 valence electrons. The van der Waals surface area contributed by atoms with Gasteiger partial charge in [-0.15, -0.1) is 0 Å². The van der Waals surface area contributed by atoms with Gasteiger partial charge in [0, 0.05) is 12.2 Å². The summed E-state index contributed by atoms with van der Waals surface area (Å²) in [6.45, 7) is 1.76. The quantitative estimate of drug-likeness (QED) is 0.100. The van der Waals surface area contributed by atoms with Gasteiger partial charge < -0.3 is 37.6 Å². The second-order valence-electron chi connectivity index (χ2n) is 6.70. The van der Waals surface area contributed by atoms with Crippen molar-refractivity contribution in [2.24, 2.45) is 11.5 Å². The monoisotopic (exact) mass is 449 g/mol. The Bertz CT molecular complexity index is 619. The van der Waals surface area contributed by atoms with Crippen molar-refractivity contribution in [1.29, 1.82) is 0 Å². The second kappa shape index (κ2) is 14.6. The van der Waals surface area contributed by atoms with Crippen molar-refractivity contribution >= 4 is 42.3 Å². The molecular formula is C17H31N5O7S. The van der Waals surface area contributed by atoms with Crippen LogP contribution in [0.15, 0.2) is 0 Å². The van der Waals surface area contributed by atoms with E-state index in [-0.39, 0.29) is 25.0 Å².